The number of fused-ring (bicyclic) bond motifs is 1. The van der Waals surface area contributed by atoms with Gasteiger partial charge >= 0.3 is 0 Å². The second kappa shape index (κ2) is 27.2. The number of carbonyl (C=O) groups excluding carboxylic acids is 5. The van der Waals surface area contributed by atoms with Crippen LogP contribution in [0, 0.1) is 5.92 Å². The molecule has 1 aromatic heterocycles. The maximum absolute atomic E-state index is 13.7. The summed E-state index contributed by atoms with van der Waals surface area (Å²) in [4.78, 5) is 71.8. The van der Waals surface area contributed by atoms with Crippen LogP contribution in [0.2, 0.25) is 0 Å². The predicted molar refractivity (Wildman–Crippen MR) is 287 cm³/mol. The van der Waals surface area contributed by atoms with Crippen molar-refractivity contribution in [2.45, 2.75) is 119 Å². The Labute approximate surface area is 422 Å². The number of benzene rings is 2. The molecule has 0 radical (unpaired) electrons. The van der Waals surface area contributed by atoms with Crippen LogP contribution in [0.4, 0.5) is 5.69 Å². The summed E-state index contributed by atoms with van der Waals surface area (Å²) in [6, 6.07) is 11.4. The van der Waals surface area contributed by atoms with Gasteiger partial charge in [-0.05, 0) is 177 Å². The number of aromatic nitrogens is 1. The first-order valence-electron chi connectivity index (χ1n) is 25.2. The number of allylic oxidation sites excluding steroid dienone is 9. The molecule has 0 N–H and O–H groups in total. The quantitative estimate of drug-likeness (QED) is 0.0370. The van der Waals surface area contributed by atoms with Gasteiger partial charge in [0.2, 0.25) is 0 Å². The van der Waals surface area contributed by atoms with Crippen LogP contribution in [0.5, 0.6) is 11.5 Å². The lowest BCUT2D eigenvalue weighted by molar-refractivity contribution is -0.118. The Bertz CT molecular complexity index is 2650. The fourth-order valence-corrected chi connectivity index (χ4v) is 9.18. The molecule has 1 aliphatic carbocycles. The van der Waals surface area contributed by atoms with Gasteiger partial charge in [-0.2, -0.15) is 0 Å². The Morgan fingerprint density at radius 2 is 1.63 bits per heavy atom. The highest BCUT2D eigenvalue weighted by Crippen LogP contribution is 2.40. The number of hydrogen-bond acceptors (Lipinski definition) is 10. The topological polar surface area (TPSA) is 129 Å². The van der Waals surface area contributed by atoms with Crippen molar-refractivity contribution in [3.8, 4) is 11.5 Å². The van der Waals surface area contributed by atoms with E-state index in [1.807, 2.05) is 37.3 Å². The molecular weight excluding hydrogens is 889 g/mol. The van der Waals surface area contributed by atoms with Gasteiger partial charge in [-0.1, -0.05) is 60.6 Å². The number of methoxy groups -OCH3 is 2. The lowest BCUT2D eigenvalue weighted by Crippen LogP contribution is -2.25. The molecule has 2 heterocycles. The molecule has 0 bridgehead atoms. The molecule has 5 rings (SSSR count). The van der Waals surface area contributed by atoms with Crippen molar-refractivity contribution >= 4 is 46.3 Å². The monoisotopic (exact) mass is 963 g/mol. The van der Waals surface area contributed by atoms with Crippen molar-refractivity contribution in [3.05, 3.63) is 153 Å². The molecule has 1 fully saturated rings. The van der Waals surface area contributed by atoms with Gasteiger partial charge in [-0.25, -0.2) is 0 Å². The van der Waals surface area contributed by atoms with Crippen LogP contribution in [-0.2, 0) is 20.7 Å². The lowest BCUT2D eigenvalue weighted by Gasteiger charge is -2.24. The number of rotatable bonds is 24. The molecule has 10 nitrogen and oxygen atoms in total. The fraction of sp³-hybridized carbons (Fsp3) is 0.410. The number of ketones is 5. The third-order valence-corrected chi connectivity index (χ3v) is 13.5. The van der Waals surface area contributed by atoms with Gasteiger partial charge < -0.3 is 23.9 Å². The predicted octanol–water partition coefficient (Wildman–Crippen LogP) is 13.2. The third kappa shape index (κ3) is 15.0. The van der Waals surface area contributed by atoms with E-state index in [0.29, 0.717) is 37.2 Å². The summed E-state index contributed by atoms with van der Waals surface area (Å²) in [5.74, 6) is -0.438. The van der Waals surface area contributed by atoms with E-state index in [9.17, 15) is 24.0 Å². The van der Waals surface area contributed by atoms with Crippen molar-refractivity contribution in [2.75, 3.05) is 45.4 Å². The lowest BCUT2D eigenvalue weighted by atomic mass is 9.84. The normalized spacial score (nSPS) is 16.1. The summed E-state index contributed by atoms with van der Waals surface area (Å²) in [5, 5.41) is 0. The zero-order chi connectivity index (χ0) is 51.6. The van der Waals surface area contributed by atoms with Gasteiger partial charge in [0, 0.05) is 65.8 Å². The molecule has 2 aliphatic rings. The molecular formula is C61H74N2O8. The highest BCUT2D eigenvalue weighted by Gasteiger charge is 2.29. The molecule has 71 heavy (non-hydrogen) atoms. The number of anilines is 1. The Kier molecular flexibility index (Phi) is 21.2. The summed E-state index contributed by atoms with van der Waals surface area (Å²) in [6.45, 7) is 19.8. The highest BCUT2D eigenvalue weighted by atomic mass is 16.5. The Morgan fingerprint density at radius 1 is 0.887 bits per heavy atom. The van der Waals surface area contributed by atoms with E-state index in [-0.39, 0.29) is 47.1 Å². The summed E-state index contributed by atoms with van der Waals surface area (Å²) in [5.41, 5.74) is 11.2. The minimum Gasteiger partial charge on any atom is -0.496 e. The van der Waals surface area contributed by atoms with E-state index < -0.39 is 11.7 Å². The molecule has 376 valence electrons. The van der Waals surface area contributed by atoms with Gasteiger partial charge in [-0.15, -0.1) is 0 Å². The Hall–Kier alpha value is -6.52. The van der Waals surface area contributed by atoms with E-state index in [4.69, 9.17) is 14.2 Å². The minimum atomic E-state index is -0.836. The molecule has 10 heteroatoms. The van der Waals surface area contributed by atoms with Crippen LogP contribution >= 0.6 is 0 Å². The van der Waals surface area contributed by atoms with E-state index in [1.165, 1.54) is 36.6 Å². The van der Waals surface area contributed by atoms with E-state index >= 15 is 0 Å². The van der Waals surface area contributed by atoms with Crippen LogP contribution < -0.4 is 14.4 Å². The zero-order valence-electron chi connectivity index (χ0n) is 43.6. The molecule has 1 aliphatic heterocycles. The second-order valence-corrected chi connectivity index (χ2v) is 18.6. The Balaban J connectivity index is 1.14. The number of ether oxygens (including phenoxy) is 3. The van der Waals surface area contributed by atoms with E-state index in [1.54, 1.807) is 45.5 Å². The molecule has 0 spiro atoms. The van der Waals surface area contributed by atoms with E-state index in [2.05, 4.69) is 61.5 Å². The first kappa shape index (κ1) is 55.4. The zero-order valence-corrected chi connectivity index (χ0v) is 43.6. The highest BCUT2D eigenvalue weighted by molar-refractivity contribution is 6.18. The molecule has 1 atom stereocenters. The van der Waals surface area contributed by atoms with Gasteiger partial charge in [0.25, 0.3) is 0 Å². The largest absolute Gasteiger partial charge is 0.496 e. The van der Waals surface area contributed by atoms with Crippen LogP contribution in [0.1, 0.15) is 166 Å². The van der Waals surface area contributed by atoms with Crippen LogP contribution in [0.25, 0.3) is 11.6 Å². The summed E-state index contributed by atoms with van der Waals surface area (Å²) >= 11 is 0. The summed E-state index contributed by atoms with van der Waals surface area (Å²) in [6.07, 6.45) is 23.2. The molecule has 1 unspecified atom stereocenters. The first-order valence-corrected chi connectivity index (χ1v) is 25.2. The average Bonchev–Trinajstić information content (AvgIpc) is 3.68. The van der Waals surface area contributed by atoms with Crippen LogP contribution in [-0.4, -0.2) is 74.4 Å². The first-order chi connectivity index (χ1) is 34.1. The third-order valence-electron chi connectivity index (χ3n) is 13.5. The smallest absolute Gasteiger partial charge is 0.191 e. The van der Waals surface area contributed by atoms with Crippen molar-refractivity contribution in [2.24, 2.45) is 5.92 Å². The minimum absolute atomic E-state index is 0.00420. The van der Waals surface area contributed by atoms with Gasteiger partial charge in [-0.3, -0.25) is 24.2 Å². The van der Waals surface area contributed by atoms with Gasteiger partial charge in [0.15, 0.2) is 23.1 Å². The SMILES string of the molecule is C=C(C(=O)c1ccc(N2CCC/C(=C/CCOCCC/C(C)=C/Cc3c(OC)cc(C4=CC/C(=C/C)C(=O)c5cnc(/C=C(\C)CC)cc54)cc3OC)CC2)cc1C(C)=O)C(CCC(C)=O)C(=O)/C=C/C. The number of hydrogen-bond donors (Lipinski definition) is 0. The summed E-state index contributed by atoms with van der Waals surface area (Å²) < 4.78 is 18.1. The maximum atomic E-state index is 13.7. The maximum Gasteiger partial charge on any atom is 0.191 e. The van der Waals surface area contributed by atoms with Crippen molar-refractivity contribution < 1.29 is 38.2 Å². The molecule has 3 aromatic rings. The van der Waals surface area contributed by atoms with Crippen LogP contribution in [0.15, 0.2) is 113 Å². The van der Waals surface area contributed by atoms with Crippen molar-refractivity contribution in [3.63, 3.8) is 0 Å². The number of carbonyl (C=O) groups is 5. The number of pyridine rings is 1. The van der Waals surface area contributed by atoms with Crippen LogP contribution in [0.3, 0.4) is 0 Å². The molecule has 0 amide bonds. The van der Waals surface area contributed by atoms with Crippen molar-refractivity contribution in [1.29, 1.82) is 0 Å². The van der Waals surface area contributed by atoms with E-state index in [0.717, 1.165) is 109 Å². The van der Waals surface area contributed by atoms with Gasteiger partial charge in [0.05, 0.1) is 32.4 Å². The molecule has 0 saturated carbocycles. The standard InChI is InChI=1S/C61H74N2O8/c1-11-17-57(66)50(26-22-42(6)64)43(7)60(67)52-28-24-49(38-54(52)44(8)65)63-30-14-19-45(29-31-63)20-16-33-71-32-15-18-41(5)21-25-53-58(69-9)35-47(36-59(53)70-10)51-27-23-46(13-3)61(68)56-39-62-48(37-55(51)56)34-40(4)12-2/h11,13,17,20-21,24,27-28,34-39,50H,7,12,14-16,18-19,22-23,25-26,29-33H2,1-6,8-10H3/b17-11+,40-34+,41-21+,45-20-,46-13-. The number of Topliss-reactive ketones (excluding diaryl/α,β-unsaturated/α-hetero) is 4. The number of nitrogens with zero attached hydrogens (tertiary/aromatic N) is 2. The Morgan fingerprint density at radius 3 is 2.30 bits per heavy atom. The average molecular weight is 963 g/mol. The fourth-order valence-electron chi connectivity index (χ4n) is 9.18. The summed E-state index contributed by atoms with van der Waals surface area (Å²) in [7, 11) is 3.36. The molecule has 2 aromatic carbocycles. The van der Waals surface area contributed by atoms with Crippen molar-refractivity contribution in [1.82, 2.24) is 4.98 Å². The second-order valence-electron chi connectivity index (χ2n) is 18.6. The molecule has 1 saturated heterocycles. The van der Waals surface area contributed by atoms with Gasteiger partial charge in [0.1, 0.15) is 17.3 Å².